The average molecular weight is 859 g/mol. The first kappa shape index (κ1) is 57.4. The van der Waals surface area contributed by atoms with Crippen LogP contribution in [0.15, 0.2) is 24.3 Å². The topological polar surface area (TPSA) is 149 Å². The standard InChI is InChI=1S/C48H91O10P/c1-3-5-7-9-11-13-15-17-18-19-20-21-22-23-24-25-26-28-30-32-34-36-38-40-48(52)58-46(44-57-59(53,54)56-42-45(50)41-49)43-55-47(51)39-37-35-33-31-29-27-16-14-12-10-8-6-4-2/h15,17,19-20,45-46,49-50H,3-14,16,18,21-44H2,1-2H3,(H,53,54)/b17-15-,20-19-. The summed E-state index contributed by atoms with van der Waals surface area (Å²) < 4.78 is 32.8. The lowest BCUT2D eigenvalue weighted by molar-refractivity contribution is -0.161. The van der Waals surface area contributed by atoms with Gasteiger partial charge in [-0.05, 0) is 44.9 Å². The van der Waals surface area contributed by atoms with Crippen LogP contribution < -0.4 is 0 Å². The van der Waals surface area contributed by atoms with E-state index in [1.165, 1.54) is 148 Å². The summed E-state index contributed by atoms with van der Waals surface area (Å²) in [6.07, 6.45) is 45.7. The summed E-state index contributed by atoms with van der Waals surface area (Å²) in [6, 6.07) is 0. The Labute approximate surface area is 361 Å². The van der Waals surface area contributed by atoms with Gasteiger partial charge in [0.25, 0.3) is 0 Å². The van der Waals surface area contributed by atoms with Crippen LogP contribution >= 0.6 is 7.82 Å². The number of esters is 2. The maximum absolute atomic E-state index is 12.7. The Bertz CT molecular complexity index is 1040. The molecule has 348 valence electrons. The molecule has 3 unspecified atom stereocenters. The van der Waals surface area contributed by atoms with E-state index < -0.39 is 51.8 Å². The Hall–Kier alpha value is -1.55. The van der Waals surface area contributed by atoms with Gasteiger partial charge in [-0.25, -0.2) is 4.57 Å². The number of phosphoric ester groups is 1. The minimum atomic E-state index is -4.62. The molecule has 0 bridgehead atoms. The van der Waals surface area contributed by atoms with E-state index in [4.69, 9.17) is 23.6 Å². The van der Waals surface area contributed by atoms with Gasteiger partial charge in [0, 0.05) is 12.8 Å². The molecule has 0 amide bonds. The van der Waals surface area contributed by atoms with E-state index in [2.05, 4.69) is 38.2 Å². The molecule has 11 heteroatoms. The van der Waals surface area contributed by atoms with Crippen molar-refractivity contribution in [2.45, 2.75) is 244 Å². The molecule has 0 saturated heterocycles. The summed E-state index contributed by atoms with van der Waals surface area (Å²) in [5.41, 5.74) is 0. The van der Waals surface area contributed by atoms with Crippen LogP contribution in [0, 0.1) is 0 Å². The average Bonchev–Trinajstić information content (AvgIpc) is 3.22. The number of ether oxygens (including phenoxy) is 2. The maximum atomic E-state index is 12.7. The molecule has 0 heterocycles. The van der Waals surface area contributed by atoms with Crippen LogP contribution in [0.2, 0.25) is 0 Å². The van der Waals surface area contributed by atoms with Gasteiger partial charge in [-0.2, -0.15) is 0 Å². The minimum Gasteiger partial charge on any atom is -0.462 e. The van der Waals surface area contributed by atoms with E-state index in [1.54, 1.807) is 0 Å². The summed E-state index contributed by atoms with van der Waals surface area (Å²) in [5.74, 6) is -0.916. The molecule has 0 aliphatic heterocycles. The predicted molar refractivity (Wildman–Crippen MR) is 242 cm³/mol. The third kappa shape index (κ3) is 44.3. The van der Waals surface area contributed by atoms with E-state index in [9.17, 15) is 24.2 Å². The lowest BCUT2D eigenvalue weighted by atomic mass is 10.0. The van der Waals surface area contributed by atoms with Crippen molar-refractivity contribution < 1.29 is 47.8 Å². The monoisotopic (exact) mass is 859 g/mol. The van der Waals surface area contributed by atoms with Crippen molar-refractivity contribution in [2.24, 2.45) is 0 Å². The van der Waals surface area contributed by atoms with Gasteiger partial charge in [-0.1, -0.05) is 199 Å². The first-order valence-electron chi connectivity index (χ1n) is 24.3. The Kier molecular flexibility index (Phi) is 43.3. The number of aliphatic hydroxyl groups is 2. The summed E-state index contributed by atoms with van der Waals surface area (Å²) in [4.78, 5) is 35.1. The fraction of sp³-hybridized carbons (Fsp3) is 0.875. The van der Waals surface area contributed by atoms with Gasteiger partial charge in [0.15, 0.2) is 6.10 Å². The zero-order chi connectivity index (χ0) is 43.3. The zero-order valence-electron chi connectivity index (χ0n) is 38.0. The lowest BCUT2D eigenvalue weighted by Gasteiger charge is -2.20. The molecule has 0 radical (unpaired) electrons. The van der Waals surface area contributed by atoms with Crippen LogP contribution in [0.1, 0.15) is 232 Å². The molecule has 0 aliphatic rings. The van der Waals surface area contributed by atoms with E-state index in [1.807, 2.05) is 0 Å². The largest absolute Gasteiger partial charge is 0.472 e. The SMILES string of the molecule is CCCCCCC/C=C\C/C=C\CCCCCCCCCCCCCC(=O)OC(COC(=O)CCCCCCCCCCCCCCC)COP(=O)(O)OCC(O)CO. The Morgan fingerprint density at radius 2 is 0.881 bits per heavy atom. The van der Waals surface area contributed by atoms with Crippen molar-refractivity contribution in [2.75, 3.05) is 26.4 Å². The number of aliphatic hydroxyl groups excluding tert-OH is 2. The van der Waals surface area contributed by atoms with Gasteiger partial charge >= 0.3 is 19.8 Å². The van der Waals surface area contributed by atoms with E-state index in [0.29, 0.717) is 12.8 Å². The molecule has 0 aliphatic carbocycles. The van der Waals surface area contributed by atoms with Crippen molar-refractivity contribution in [3.8, 4) is 0 Å². The summed E-state index contributed by atoms with van der Waals surface area (Å²) in [6.45, 7) is 2.40. The smallest absolute Gasteiger partial charge is 0.462 e. The van der Waals surface area contributed by atoms with E-state index >= 15 is 0 Å². The van der Waals surface area contributed by atoms with Gasteiger partial charge in [0.1, 0.15) is 12.7 Å². The first-order valence-corrected chi connectivity index (χ1v) is 25.8. The lowest BCUT2D eigenvalue weighted by Crippen LogP contribution is -2.29. The Morgan fingerprint density at radius 3 is 1.31 bits per heavy atom. The molecular formula is C48H91O10P. The highest BCUT2D eigenvalue weighted by Gasteiger charge is 2.27. The number of rotatable bonds is 46. The van der Waals surface area contributed by atoms with Crippen molar-refractivity contribution in [3.05, 3.63) is 24.3 Å². The quantitative estimate of drug-likeness (QED) is 0.0234. The second-order valence-corrected chi connectivity index (χ2v) is 17.9. The zero-order valence-corrected chi connectivity index (χ0v) is 38.9. The van der Waals surface area contributed by atoms with Crippen LogP contribution in [-0.2, 0) is 32.7 Å². The molecule has 0 saturated carbocycles. The summed E-state index contributed by atoms with van der Waals surface area (Å²) in [5, 5.41) is 18.4. The normalized spacial score (nSPS) is 13.9. The highest BCUT2D eigenvalue weighted by Crippen LogP contribution is 2.43. The Morgan fingerprint density at radius 1 is 0.508 bits per heavy atom. The van der Waals surface area contributed by atoms with Crippen LogP contribution in [0.25, 0.3) is 0 Å². The molecular weight excluding hydrogens is 767 g/mol. The molecule has 59 heavy (non-hydrogen) atoms. The molecule has 0 spiro atoms. The van der Waals surface area contributed by atoms with Crippen molar-refractivity contribution >= 4 is 19.8 Å². The molecule has 3 N–H and O–H groups in total. The van der Waals surface area contributed by atoms with Gasteiger partial charge in [-0.3, -0.25) is 18.6 Å². The second kappa shape index (κ2) is 44.5. The van der Waals surface area contributed by atoms with Crippen molar-refractivity contribution in [1.82, 2.24) is 0 Å². The number of allylic oxidation sites excluding steroid dienone is 4. The Balaban J connectivity index is 4.16. The van der Waals surface area contributed by atoms with Crippen LogP contribution in [0.4, 0.5) is 0 Å². The van der Waals surface area contributed by atoms with Gasteiger partial charge in [0.2, 0.25) is 0 Å². The number of hydrogen-bond acceptors (Lipinski definition) is 9. The molecule has 0 aromatic heterocycles. The number of phosphoric acid groups is 1. The molecule has 0 fully saturated rings. The highest BCUT2D eigenvalue weighted by atomic mass is 31.2. The number of hydrogen-bond donors (Lipinski definition) is 3. The minimum absolute atomic E-state index is 0.185. The number of carbonyl (C=O) groups is 2. The van der Waals surface area contributed by atoms with Crippen molar-refractivity contribution in [1.29, 1.82) is 0 Å². The van der Waals surface area contributed by atoms with Gasteiger partial charge in [0.05, 0.1) is 19.8 Å². The summed E-state index contributed by atoms with van der Waals surface area (Å²) in [7, 11) is -4.62. The number of carbonyl (C=O) groups excluding carboxylic acids is 2. The van der Waals surface area contributed by atoms with E-state index in [0.717, 1.165) is 44.9 Å². The third-order valence-corrected chi connectivity index (χ3v) is 11.6. The molecule has 0 aromatic carbocycles. The second-order valence-electron chi connectivity index (χ2n) is 16.5. The summed E-state index contributed by atoms with van der Waals surface area (Å²) >= 11 is 0. The molecule has 3 atom stereocenters. The first-order chi connectivity index (χ1) is 28.7. The van der Waals surface area contributed by atoms with Crippen molar-refractivity contribution in [3.63, 3.8) is 0 Å². The van der Waals surface area contributed by atoms with Crippen LogP contribution in [-0.4, -0.2) is 65.7 Å². The molecule has 0 rings (SSSR count). The molecule has 0 aromatic rings. The van der Waals surface area contributed by atoms with Crippen LogP contribution in [0.3, 0.4) is 0 Å². The fourth-order valence-corrected chi connectivity index (χ4v) is 7.64. The van der Waals surface area contributed by atoms with Crippen LogP contribution in [0.5, 0.6) is 0 Å². The highest BCUT2D eigenvalue weighted by molar-refractivity contribution is 7.47. The molecule has 10 nitrogen and oxygen atoms in total. The van der Waals surface area contributed by atoms with E-state index in [-0.39, 0.29) is 19.4 Å². The number of unbranched alkanes of at least 4 members (excludes halogenated alkanes) is 28. The predicted octanol–water partition coefficient (Wildman–Crippen LogP) is 13.3. The fourth-order valence-electron chi connectivity index (χ4n) is 6.85. The maximum Gasteiger partial charge on any atom is 0.472 e. The third-order valence-electron chi connectivity index (χ3n) is 10.6. The van der Waals surface area contributed by atoms with Gasteiger partial charge < -0.3 is 24.6 Å². The van der Waals surface area contributed by atoms with Gasteiger partial charge in [-0.15, -0.1) is 0 Å².